The van der Waals surface area contributed by atoms with E-state index in [0.717, 1.165) is 25.0 Å². The van der Waals surface area contributed by atoms with Crippen LogP contribution in [0.5, 0.6) is 0 Å². The highest BCUT2D eigenvalue weighted by molar-refractivity contribution is 6.30. The van der Waals surface area contributed by atoms with Crippen molar-refractivity contribution in [2.24, 2.45) is 5.92 Å². The number of hydrogen-bond donors (Lipinski definition) is 1. The molecule has 1 saturated heterocycles. The van der Waals surface area contributed by atoms with Gasteiger partial charge in [0.2, 0.25) is 5.91 Å². The largest absolute Gasteiger partial charge is 0.381 e. The molecule has 4 nitrogen and oxygen atoms in total. The van der Waals surface area contributed by atoms with Gasteiger partial charge >= 0.3 is 0 Å². The fraction of sp³-hybridized carbons (Fsp3) is 0.533. The summed E-state index contributed by atoms with van der Waals surface area (Å²) >= 11 is 5.97. The molecule has 0 spiro atoms. The second kappa shape index (κ2) is 7.62. The number of nitrogens with one attached hydrogen (secondary N) is 1. The average Bonchev–Trinajstić information content (AvgIpc) is 2.48. The zero-order chi connectivity index (χ0) is 14.4. The lowest BCUT2D eigenvalue weighted by Gasteiger charge is -2.23. The Morgan fingerprint density at radius 2 is 2.45 bits per heavy atom. The highest BCUT2D eigenvalue weighted by atomic mass is 35.5. The van der Waals surface area contributed by atoms with Crippen molar-refractivity contribution < 1.29 is 14.3 Å². The van der Waals surface area contributed by atoms with Crippen LogP contribution in [-0.4, -0.2) is 32.8 Å². The van der Waals surface area contributed by atoms with E-state index in [2.05, 4.69) is 5.32 Å². The predicted molar refractivity (Wildman–Crippen MR) is 77.8 cm³/mol. The molecular weight excluding hydrogens is 278 g/mol. The summed E-state index contributed by atoms with van der Waals surface area (Å²) in [5, 5.41) is 3.60. The fourth-order valence-corrected chi connectivity index (χ4v) is 2.53. The number of carbonyl (C=O) groups is 1. The molecule has 1 aromatic carbocycles. The third kappa shape index (κ3) is 4.20. The molecule has 1 aliphatic rings. The van der Waals surface area contributed by atoms with Crippen molar-refractivity contribution in [3.05, 3.63) is 34.9 Å². The molecule has 0 radical (unpaired) electrons. The molecule has 1 aromatic rings. The SMILES string of the molecule is CO[C@@H](CNC(=O)[C@H]1CCCOC1)c1cccc(Cl)c1. The zero-order valence-corrected chi connectivity index (χ0v) is 12.4. The molecule has 2 atom stereocenters. The van der Waals surface area contributed by atoms with Crippen LogP contribution in [0, 0.1) is 5.92 Å². The lowest BCUT2D eigenvalue weighted by Crippen LogP contribution is -2.37. The van der Waals surface area contributed by atoms with Crippen LogP contribution >= 0.6 is 11.6 Å². The number of methoxy groups -OCH3 is 1. The fourth-order valence-electron chi connectivity index (χ4n) is 2.33. The van der Waals surface area contributed by atoms with Crippen LogP contribution in [0.15, 0.2) is 24.3 Å². The molecule has 110 valence electrons. The minimum absolute atomic E-state index is 0.0359. The van der Waals surface area contributed by atoms with Gasteiger partial charge in [0.05, 0.1) is 18.6 Å². The molecular formula is C15H20ClNO3. The Balaban J connectivity index is 1.88. The number of amides is 1. The van der Waals surface area contributed by atoms with Crippen molar-refractivity contribution in [3.63, 3.8) is 0 Å². The Morgan fingerprint density at radius 3 is 3.10 bits per heavy atom. The van der Waals surface area contributed by atoms with Crippen molar-refractivity contribution in [1.82, 2.24) is 5.32 Å². The Bertz CT molecular complexity index is 446. The molecule has 1 fully saturated rings. The summed E-state index contributed by atoms with van der Waals surface area (Å²) in [4.78, 5) is 12.0. The van der Waals surface area contributed by atoms with E-state index in [1.54, 1.807) is 7.11 Å². The van der Waals surface area contributed by atoms with E-state index in [1.807, 2.05) is 24.3 Å². The van der Waals surface area contributed by atoms with Crippen LogP contribution in [0.2, 0.25) is 5.02 Å². The standard InChI is InChI=1S/C15H20ClNO3/c1-19-14(11-4-2-6-13(16)8-11)9-17-15(18)12-5-3-7-20-10-12/h2,4,6,8,12,14H,3,5,7,9-10H2,1H3,(H,17,18)/t12-,14-/m0/s1. The Morgan fingerprint density at radius 1 is 1.60 bits per heavy atom. The van der Waals surface area contributed by atoms with Crippen LogP contribution in [-0.2, 0) is 14.3 Å². The minimum Gasteiger partial charge on any atom is -0.381 e. The van der Waals surface area contributed by atoms with Gasteiger partial charge in [-0.15, -0.1) is 0 Å². The highest BCUT2D eigenvalue weighted by Gasteiger charge is 2.22. The maximum Gasteiger partial charge on any atom is 0.225 e. The number of rotatable bonds is 5. The second-order valence-corrected chi connectivity index (χ2v) is 5.38. The van der Waals surface area contributed by atoms with E-state index in [0.29, 0.717) is 18.2 Å². The van der Waals surface area contributed by atoms with Gasteiger partial charge in [-0.1, -0.05) is 23.7 Å². The Kier molecular flexibility index (Phi) is 5.83. The molecule has 0 aromatic heterocycles. The minimum atomic E-state index is -0.192. The van der Waals surface area contributed by atoms with E-state index >= 15 is 0 Å². The predicted octanol–water partition coefficient (Wildman–Crippen LogP) is 2.57. The number of halogens is 1. The van der Waals surface area contributed by atoms with Crippen LogP contribution in [0.1, 0.15) is 24.5 Å². The van der Waals surface area contributed by atoms with E-state index in [4.69, 9.17) is 21.1 Å². The first-order valence-corrected chi connectivity index (χ1v) is 7.22. The average molecular weight is 298 g/mol. The first-order chi connectivity index (χ1) is 9.70. The van der Waals surface area contributed by atoms with Crippen molar-refractivity contribution in [1.29, 1.82) is 0 Å². The van der Waals surface area contributed by atoms with E-state index < -0.39 is 0 Å². The molecule has 1 N–H and O–H groups in total. The summed E-state index contributed by atoms with van der Waals surface area (Å²) in [6.07, 6.45) is 1.64. The normalized spacial score (nSPS) is 20.4. The van der Waals surface area contributed by atoms with Gasteiger partial charge in [-0.25, -0.2) is 0 Å². The van der Waals surface area contributed by atoms with Gasteiger partial charge in [-0.3, -0.25) is 4.79 Å². The summed E-state index contributed by atoms with van der Waals surface area (Å²) in [6, 6.07) is 7.48. The maximum absolute atomic E-state index is 12.0. The smallest absolute Gasteiger partial charge is 0.225 e. The van der Waals surface area contributed by atoms with Gasteiger partial charge in [0.25, 0.3) is 0 Å². The van der Waals surface area contributed by atoms with Gasteiger partial charge in [-0.05, 0) is 30.5 Å². The van der Waals surface area contributed by atoms with Gasteiger partial charge in [-0.2, -0.15) is 0 Å². The van der Waals surface area contributed by atoms with E-state index in [1.165, 1.54) is 0 Å². The summed E-state index contributed by atoms with van der Waals surface area (Å²) in [5.41, 5.74) is 0.959. The van der Waals surface area contributed by atoms with Gasteiger partial charge in [0, 0.05) is 25.3 Å². The molecule has 1 aliphatic heterocycles. The number of benzene rings is 1. The molecule has 20 heavy (non-hydrogen) atoms. The molecule has 2 rings (SSSR count). The number of carbonyl (C=O) groups excluding carboxylic acids is 1. The third-order valence-electron chi connectivity index (χ3n) is 3.50. The Labute approximate surface area is 124 Å². The first-order valence-electron chi connectivity index (χ1n) is 6.84. The summed E-state index contributed by atoms with van der Waals surface area (Å²) in [5.74, 6) is -0.00519. The second-order valence-electron chi connectivity index (χ2n) is 4.94. The quantitative estimate of drug-likeness (QED) is 0.908. The topological polar surface area (TPSA) is 47.6 Å². The third-order valence-corrected chi connectivity index (χ3v) is 3.73. The van der Waals surface area contributed by atoms with Crippen LogP contribution in [0.3, 0.4) is 0 Å². The molecule has 0 unspecified atom stereocenters. The maximum atomic E-state index is 12.0. The molecule has 5 heteroatoms. The summed E-state index contributed by atoms with van der Waals surface area (Å²) < 4.78 is 10.8. The molecule has 1 heterocycles. The first kappa shape index (κ1) is 15.3. The summed E-state index contributed by atoms with van der Waals surface area (Å²) in [6.45, 7) is 1.71. The van der Waals surface area contributed by atoms with Crippen LogP contribution < -0.4 is 5.32 Å². The number of hydrogen-bond acceptors (Lipinski definition) is 3. The van der Waals surface area contributed by atoms with E-state index in [-0.39, 0.29) is 17.9 Å². The zero-order valence-electron chi connectivity index (χ0n) is 11.6. The van der Waals surface area contributed by atoms with Gasteiger partial charge in [0.15, 0.2) is 0 Å². The van der Waals surface area contributed by atoms with Gasteiger partial charge < -0.3 is 14.8 Å². The lowest BCUT2D eigenvalue weighted by molar-refractivity contribution is -0.129. The van der Waals surface area contributed by atoms with Crippen molar-refractivity contribution >= 4 is 17.5 Å². The monoisotopic (exact) mass is 297 g/mol. The molecule has 0 saturated carbocycles. The van der Waals surface area contributed by atoms with Crippen molar-refractivity contribution in [3.8, 4) is 0 Å². The van der Waals surface area contributed by atoms with E-state index in [9.17, 15) is 4.79 Å². The highest BCUT2D eigenvalue weighted by Crippen LogP contribution is 2.20. The molecule has 0 aliphatic carbocycles. The van der Waals surface area contributed by atoms with Crippen molar-refractivity contribution in [2.75, 3.05) is 26.9 Å². The van der Waals surface area contributed by atoms with Crippen LogP contribution in [0.4, 0.5) is 0 Å². The van der Waals surface area contributed by atoms with Gasteiger partial charge in [0.1, 0.15) is 0 Å². The van der Waals surface area contributed by atoms with Crippen molar-refractivity contribution in [2.45, 2.75) is 18.9 Å². The Hall–Kier alpha value is -1.10. The van der Waals surface area contributed by atoms with Crippen LogP contribution in [0.25, 0.3) is 0 Å². The summed E-state index contributed by atoms with van der Waals surface area (Å²) in [7, 11) is 1.63. The number of ether oxygens (including phenoxy) is 2. The molecule has 0 bridgehead atoms. The molecule has 1 amide bonds. The lowest BCUT2D eigenvalue weighted by atomic mass is 10.0.